The van der Waals surface area contributed by atoms with E-state index in [1.807, 2.05) is 18.7 Å². The molecule has 0 fully saturated rings. The van der Waals surface area contributed by atoms with Gasteiger partial charge in [-0.25, -0.2) is 0 Å². The van der Waals surface area contributed by atoms with E-state index in [0.717, 1.165) is 32.4 Å². The van der Waals surface area contributed by atoms with Crippen LogP contribution in [-0.2, 0) is 9.53 Å². The fourth-order valence-corrected chi connectivity index (χ4v) is 1.65. The van der Waals surface area contributed by atoms with Crippen LogP contribution in [0.5, 0.6) is 0 Å². The molecule has 0 rings (SSSR count). The minimum atomic E-state index is -0.650. The number of carbonyl (C=O) groups is 1. The van der Waals surface area contributed by atoms with Crippen molar-refractivity contribution in [2.45, 2.75) is 59.0 Å². The molecular formula is C13H27NO2. The molecule has 0 aliphatic heterocycles. The van der Waals surface area contributed by atoms with Gasteiger partial charge in [0.1, 0.15) is 5.60 Å². The maximum absolute atomic E-state index is 12.3. The summed E-state index contributed by atoms with van der Waals surface area (Å²) in [6, 6.07) is 0. The maximum Gasteiger partial charge on any atom is 0.254 e. The van der Waals surface area contributed by atoms with Crippen molar-refractivity contribution in [2.24, 2.45) is 0 Å². The Morgan fingerprint density at radius 1 is 1.19 bits per heavy atom. The number of ether oxygens (including phenoxy) is 1. The van der Waals surface area contributed by atoms with Gasteiger partial charge in [-0.2, -0.15) is 0 Å². The van der Waals surface area contributed by atoms with Gasteiger partial charge in [-0.15, -0.1) is 0 Å². The number of amides is 1. The van der Waals surface area contributed by atoms with Crippen molar-refractivity contribution in [3.05, 3.63) is 0 Å². The van der Waals surface area contributed by atoms with Gasteiger partial charge in [-0.05, 0) is 26.2 Å². The lowest BCUT2D eigenvalue weighted by Gasteiger charge is -2.32. The number of methoxy groups -OCH3 is 1. The number of unbranched alkanes of at least 4 members (excludes halogenated alkanes) is 1. The van der Waals surface area contributed by atoms with Crippen molar-refractivity contribution in [2.75, 3.05) is 20.2 Å². The van der Waals surface area contributed by atoms with Gasteiger partial charge >= 0.3 is 0 Å². The van der Waals surface area contributed by atoms with Crippen LogP contribution in [0.1, 0.15) is 53.4 Å². The Bertz CT molecular complexity index is 200. The lowest BCUT2D eigenvalue weighted by atomic mass is 10.0. The average Bonchev–Trinajstić information content (AvgIpc) is 2.32. The van der Waals surface area contributed by atoms with Crippen LogP contribution in [0.3, 0.4) is 0 Å². The first-order valence-electron chi connectivity index (χ1n) is 6.40. The van der Waals surface area contributed by atoms with Crippen molar-refractivity contribution < 1.29 is 9.53 Å². The van der Waals surface area contributed by atoms with Crippen LogP contribution in [-0.4, -0.2) is 36.6 Å². The Kier molecular flexibility index (Phi) is 7.39. The first kappa shape index (κ1) is 15.4. The molecule has 0 saturated heterocycles. The van der Waals surface area contributed by atoms with E-state index < -0.39 is 5.60 Å². The van der Waals surface area contributed by atoms with E-state index in [-0.39, 0.29) is 5.91 Å². The normalized spacial score (nSPS) is 14.6. The maximum atomic E-state index is 12.3. The molecule has 0 radical (unpaired) electrons. The summed E-state index contributed by atoms with van der Waals surface area (Å²) in [5.41, 5.74) is -0.650. The topological polar surface area (TPSA) is 29.5 Å². The second-order valence-corrected chi connectivity index (χ2v) is 4.43. The fraction of sp³-hybridized carbons (Fsp3) is 0.923. The Hall–Kier alpha value is -0.570. The highest BCUT2D eigenvalue weighted by atomic mass is 16.5. The average molecular weight is 229 g/mol. The van der Waals surface area contributed by atoms with Crippen LogP contribution in [0.4, 0.5) is 0 Å². The quantitative estimate of drug-likeness (QED) is 0.640. The van der Waals surface area contributed by atoms with Crippen LogP contribution in [0.2, 0.25) is 0 Å². The van der Waals surface area contributed by atoms with E-state index in [1.54, 1.807) is 7.11 Å². The second-order valence-electron chi connectivity index (χ2n) is 4.43. The summed E-state index contributed by atoms with van der Waals surface area (Å²) in [6.07, 6.45) is 3.90. The molecule has 0 spiro atoms. The summed E-state index contributed by atoms with van der Waals surface area (Å²) in [7, 11) is 1.62. The zero-order valence-electron chi connectivity index (χ0n) is 11.5. The third kappa shape index (κ3) is 4.12. The number of hydrogen-bond acceptors (Lipinski definition) is 2. The molecule has 0 aromatic rings. The summed E-state index contributed by atoms with van der Waals surface area (Å²) in [4.78, 5) is 14.3. The van der Waals surface area contributed by atoms with E-state index in [2.05, 4.69) is 13.8 Å². The van der Waals surface area contributed by atoms with E-state index in [4.69, 9.17) is 4.74 Å². The van der Waals surface area contributed by atoms with Crippen molar-refractivity contribution in [3.63, 3.8) is 0 Å². The van der Waals surface area contributed by atoms with Gasteiger partial charge in [0.15, 0.2) is 0 Å². The molecule has 3 heteroatoms. The van der Waals surface area contributed by atoms with Crippen molar-refractivity contribution in [1.29, 1.82) is 0 Å². The summed E-state index contributed by atoms with van der Waals surface area (Å²) in [5.74, 6) is 0.132. The van der Waals surface area contributed by atoms with Crippen molar-refractivity contribution >= 4 is 5.91 Å². The van der Waals surface area contributed by atoms with Crippen LogP contribution in [0.15, 0.2) is 0 Å². The molecule has 0 bridgehead atoms. The molecule has 1 amide bonds. The number of hydrogen-bond donors (Lipinski definition) is 0. The van der Waals surface area contributed by atoms with E-state index in [1.165, 1.54) is 0 Å². The Labute approximate surface area is 100 Å². The summed E-state index contributed by atoms with van der Waals surface area (Å²) in [6.45, 7) is 9.79. The van der Waals surface area contributed by atoms with Crippen molar-refractivity contribution in [1.82, 2.24) is 4.90 Å². The van der Waals surface area contributed by atoms with Gasteiger partial charge in [-0.1, -0.05) is 27.2 Å². The van der Waals surface area contributed by atoms with E-state index in [0.29, 0.717) is 6.42 Å². The van der Waals surface area contributed by atoms with Gasteiger partial charge in [-0.3, -0.25) is 4.79 Å². The monoisotopic (exact) mass is 229 g/mol. The van der Waals surface area contributed by atoms with Crippen LogP contribution >= 0.6 is 0 Å². The van der Waals surface area contributed by atoms with Gasteiger partial charge in [0, 0.05) is 20.2 Å². The fourth-order valence-electron chi connectivity index (χ4n) is 1.65. The molecule has 0 aliphatic rings. The molecule has 1 atom stereocenters. The summed E-state index contributed by atoms with van der Waals surface area (Å²) < 4.78 is 5.36. The zero-order valence-corrected chi connectivity index (χ0v) is 11.5. The largest absolute Gasteiger partial charge is 0.369 e. The van der Waals surface area contributed by atoms with Crippen LogP contribution in [0, 0.1) is 0 Å². The first-order chi connectivity index (χ1) is 7.55. The highest BCUT2D eigenvalue weighted by molar-refractivity contribution is 5.84. The molecule has 0 aromatic carbocycles. The number of carbonyl (C=O) groups excluding carboxylic acids is 1. The van der Waals surface area contributed by atoms with Gasteiger partial charge in [0.2, 0.25) is 0 Å². The number of nitrogens with zero attached hydrogens (tertiary/aromatic N) is 1. The first-order valence-corrected chi connectivity index (χ1v) is 6.40. The van der Waals surface area contributed by atoms with Gasteiger partial charge in [0.05, 0.1) is 0 Å². The van der Waals surface area contributed by atoms with E-state index in [9.17, 15) is 4.79 Å². The molecular weight excluding hydrogens is 202 g/mol. The third-order valence-electron chi connectivity index (χ3n) is 3.14. The third-order valence-corrected chi connectivity index (χ3v) is 3.14. The smallest absolute Gasteiger partial charge is 0.254 e. The molecule has 0 saturated carbocycles. The molecule has 3 nitrogen and oxygen atoms in total. The highest BCUT2D eigenvalue weighted by Crippen LogP contribution is 2.18. The predicted molar refractivity (Wildman–Crippen MR) is 67.5 cm³/mol. The Morgan fingerprint density at radius 2 is 1.81 bits per heavy atom. The minimum Gasteiger partial charge on any atom is -0.369 e. The van der Waals surface area contributed by atoms with E-state index >= 15 is 0 Å². The second kappa shape index (κ2) is 7.66. The predicted octanol–water partition coefficient (Wildman–Crippen LogP) is 2.84. The lowest BCUT2D eigenvalue weighted by Crippen LogP contribution is -2.48. The zero-order chi connectivity index (χ0) is 12.6. The van der Waals surface area contributed by atoms with Gasteiger partial charge < -0.3 is 9.64 Å². The molecule has 96 valence electrons. The minimum absolute atomic E-state index is 0.132. The lowest BCUT2D eigenvalue weighted by molar-refractivity contribution is -0.153. The van der Waals surface area contributed by atoms with Gasteiger partial charge in [0.25, 0.3) is 5.91 Å². The molecule has 0 heterocycles. The molecule has 0 aromatic heterocycles. The van der Waals surface area contributed by atoms with Crippen molar-refractivity contribution in [3.8, 4) is 0 Å². The molecule has 0 N–H and O–H groups in total. The number of rotatable bonds is 8. The summed E-state index contributed by atoms with van der Waals surface area (Å²) in [5, 5.41) is 0. The molecule has 16 heavy (non-hydrogen) atoms. The standard InChI is InChI=1S/C13H27NO2/c1-6-9-11-14(10-7-2)12(15)13(4,8-3)16-5/h6-11H2,1-5H3. The highest BCUT2D eigenvalue weighted by Gasteiger charge is 2.34. The summed E-state index contributed by atoms with van der Waals surface area (Å²) >= 11 is 0. The van der Waals surface area contributed by atoms with Crippen LogP contribution < -0.4 is 0 Å². The SMILES string of the molecule is CCCCN(CCC)C(=O)C(C)(CC)OC. The molecule has 0 aliphatic carbocycles. The Morgan fingerprint density at radius 3 is 2.19 bits per heavy atom. The Balaban J connectivity index is 4.57. The molecule has 1 unspecified atom stereocenters. The van der Waals surface area contributed by atoms with Crippen LogP contribution in [0.25, 0.3) is 0 Å².